The van der Waals surface area contributed by atoms with Crippen LogP contribution in [0.25, 0.3) is 16.8 Å². The van der Waals surface area contributed by atoms with Gasteiger partial charge in [-0.25, -0.2) is 0 Å². The van der Waals surface area contributed by atoms with E-state index in [1.807, 2.05) is 78.9 Å². The maximum Gasteiger partial charge on any atom is 0.270 e. The molecule has 5 rings (SSSR count). The fraction of sp³-hybridized carbons (Fsp3) is 0.0370. The Morgan fingerprint density at radius 1 is 0.941 bits per heavy atom. The maximum atomic E-state index is 13.4. The van der Waals surface area contributed by atoms with Crippen LogP contribution in [0, 0.1) is 0 Å². The number of hydrogen-bond acceptors (Lipinski definition) is 4. The molecule has 168 valence electrons. The molecule has 0 unspecified atom stereocenters. The van der Waals surface area contributed by atoms with Crippen LogP contribution in [-0.4, -0.2) is 10.2 Å². The van der Waals surface area contributed by atoms with Crippen LogP contribution < -0.4 is 9.64 Å². The van der Waals surface area contributed by atoms with Crippen LogP contribution in [0.5, 0.6) is 5.75 Å². The van der Waals surface area contributed by atoms with Crippen molar-refractivity contribution in [1.82, 2.24) is 0 Å². The van der Waals surface area contributed by atoms with E-state index >= 15 is 0 Å². The smallest absolute Gasteiger partial charge is 0.270 e. The van der Waals surface area contributed by atoms with Crippen molar-refractivity contribution in [3.8, 4) is 5.75 Å². The third-order valence-electron chi connectivity index (χ3n) is 5.41. The number of carbonyl (C=O) groups excluding carboxylic acids is 1. The van der Waals surface area contributed by atoms with Gasteiger partial charge in [-0.3, -0.25) is 9.69 Å². The second-order valence-electron chi connectivity index (χ2n) is 7.58. The molecule has 0 aromatic heterocycles. The lowest BCUT2D eigenvalue weighted by Crippen LogP contribution is -2.27. The van der Waals surface area contributed by atoms with Crippen molar-refractivity contribution in [3.05, 3.63) is 111 Å². The van der Waals surface area contributed by atoms with Gasteiger partial charge >= 0.3 is 0 Å². The van der Waals surface area contributed by atoms with E-state index in [9.17, 15) is 4.79 Å². The van der Waals surface area contributed by atoms with Gasteiger partial charge < -0.3 is 4.74 Å². The standard InChI is InChI=1S/C27H17Cl2NO2S2/c28-20-13-12-19(22(29)15-20)16-32-24-11-4-2-7-18(24)14-25-26(31)30(27(33)34-25)23-10-5-8-17-6-1-3-9-21(17)23/h1-15H,16H2/b25-14-. The zero-order valence-electron chi connectivity index (χ0n) is 17.7. The Bertz CT molecular complexity index is 1460. The number of thiocarbonyl (C=S) groups is 1. The molecule has 0 radical (unpaired) electrons. The average Bonchev–Trinajstić information content (AvgIpc) is 3.11. The van der Waals surface area contributed by atoms with Gasteiger partial charge in [0.15, 0.2) is 4.32 Å². The van der Waals surface area contributed by atoms with Gasteiger partial charge in [-0.15, -0.1) is 0 Å². The molecule has 7 heteroatoms. The second kappa shape index (κ2) is 9.80. The molecule has 4 aromatic rings. The number of amides is 1. The third kappa shape index (κ3) is 4.57. The Morgan fingerprint density at radius 2 is 1.71 bits per heavy atom. The molecule has 1 saturated heterocycles. The quantitative estimate of drug-likeness (QED) is 0.196. The number of thioether (sulfide) groups is 1. The lowest BCUT2D eigenvalue weighted by atomic mass is 10.1. The summed E-state index contributed by atoms with van der Waals surface area (Å²) in [5, 5.41) is 3.15. The first-order chi connectivity index (χ1) is 16.5. The highest BCUT2D eigenvalue weighted by atomic mass is 35.5. The normalized spacial score (nSPS) is 14.9. The average molecular weight is 522 g/mol. The monoisotopic (exact) mass is 521 g/mol. The topological polar surface area (TPSA) is 29.5 Å². The molecule has 1 heterocycles. The molecule has 0 aliphatic carbocycles. The Hall–Kier alpha value is -2.83. The van der Waals surface area contributed by atoms with Gasteiger partial charge in [0, 0.05) is 26.6 Å². The van der Waals surface area contributed by atoms with Crippen molar-refractivity contribution < 1.29 is 9.53 Å². The lowest BCUT2D eigenvalue weighted by Gasteiger charge is -2.17. The van der Waals surface area contributed by atoms with E-state index in [2.05, 4.69) is 0 Å². The van der Waals surface area contributed by atoms with Crippen molar-refractivity contribution in [1.29, 1.82) is 0 Å². The molecule has 0 spiro atoms. The van der Waals surface area contributed by atoms with Crippen LogP contribution in [0.2, 0.25) is 10.0 Å². The van der Waals surface area contributed by atoms with E-state index < -0.39 is 0 Å². The fourth-order valence-electron chi connectivity index (χ4n) is 3.75. The van der Waals surface area contributed by atoms with Crippen molar-refractivity contribution in [3.63, 3.8) is 0 Å². The van der Waals surface area contributed by atoms with Crippen molar-refractivity contribution in [2.75, 3.05) is 4.90 Å². The zero-order chi connectivity index (χ0) is 23.7. The number of halogens is 2. The first-order valence-corrected chi connectivity index (χ1v) is 12.4. The molecule has 0 saturated carbocycles. The van der Waals surface area contributed by atoms with Gasteiger partial charge in [0.1, 0.15) is 12.4 Å². The third-order valence-corrected chi connectivity index (χ3v) is 7.29. The summed E-state index contributed by atoms with van der Waals surface area (Å²) < 4.78 is 6.55. The number of hydrogen-bond donors (Lipinski definition) is 0. The summed E-state index contributed by atoms with van der Waals surface area (Å²) in [6.07, 6.45) is 1.82. The minimum atomic E-state index is -0.151. The number of fused-ring (bicyclic) bond motifs is 1. The van der Waals surface area contributed by atoms with E-state index in [4.69, 9.17) is 40.2 Å². The van der Waals surface area contributed by atoms with E-state index in [1.165, 1.54) is 11.8 Å². The molecule has 3 nitrogen and oxygen atoms in total. The largest absolute Gasteiger partial charge is 0.488 e. The number of rotatable bonds is 5. The zero-order valence-corrected chi connectivity index (χ0v) is 20.8. The number of anilines is 1. The maximum absolute atomic E-state index is 13.4. The molecule has 1 fully saturated rings. The number of carbonyl (C=O) groups is 1. The second-order valence-corrected chi connectivity index (χ2v) is 10.1. The molecule has 1 amide bonds. The van der Waals surface area contributed by atoms with Gasteiger partial charge in [-0.05, 0) is 35.7 Å². The first-order valence-electron chi connectivity index (χ1n) is 10.4. The molecule has 4 aromatic carbocycles. The van der Waals surface area contributed by atoms with Crippen LogP contribution in [0.15, 0.2) is 89.8 Å². The Labute approximate surface area is 216 Å². The Kier molecular flexibility index (Phi) is 6.61. The predicted octanol–water partition coefficient (Wildman–Crippen LogP) is 8.13. The van der Waals surface area contributed by atoms with Crippen molar-refractivity contribution in [2.24, 2.45) is 0 Å². The minimum Gasteiger partial charge on any atom is -0.488 e. The number of benzene rings is 4. The van der Waals surface area contributed by atoms with Crippen LogP contribution in [0.1, 0.15) is 11.1 Å². The lowest BCUT2D eigenvalue weighted by molar-refractivity contribution is -0.113. The SMILES string of the molecule is O=C1/C(=C/c2ccccc2OCc2ccc(Cl)cc2Cl)SC(=S)N1c1cccc2ccccc12. The van der Waals surface area contributed by atoms with E-state index in [-0.39, 0.29) is 12.5 Å². The first kappa shape index (κ1) is 22.9. The summed E-state index contributed by atoms with van der Waals surface area (Å²) in [7, 11) is 0. The van der Waals surface area contributed by atoms with Crippen molar-refractivity contribution >= 4 is 79.9 Å². The summed E-state index contributed by atoms with van der Waals surface area (Å²) in [6, 6.07) is 26.7. The van der Waals surface area contributed by atoms with Crippen LogP contribution in [-0.2, 0) is 11.4 Å². The molecule has 0 N–H and O–H groups in total. The fourth-order valence-corrected chi connectivity index (χ4v) is 5.48. The van der Waals surface area contributed by atoms with Crippen LogP contribution in [0.3, 0.4) is 0 Å². The van der Waals surface area contributed by atoms with E-state index in [1.54, 1.807) is 17.0 Å². The van der Waals surface area contributed by atoms with Gasteiger partial charge in [0.05, 0.1) is 10.6 Å². The summed E-state index contributed by atoms with van der Waals surface area (Å²) in [4.78, 5) is 15.6. The number of para-hydroxylation sites is 1. The molecular formula is C27H17Cl2NO2S2. The predicted molar refractivity (Wildman–Crippen MR) is 147 cm³/mol. The molecule has 34 heavy (non-hydrogen) atoms. The minimum absolute atomic E-state index is 0.151. The molecule has 0 bridgehead atoms. The highest BCUT2D eigenvalue weighted by Gasteiger charge is 2.34. The highest BCUT2D eigenvalue weighted by molar-refractivity contribution is 8.27. The van der Waals surface area contributed by atoms with Crippen LogP contribution >= 0.6 is 47.2 Å². The van der Waals surface area contributed by atoms with Crippen molar-refractivity contribution in [2.45, 2.75) is 6.61 Å². The number of ether oxygens (including phenoxy) is 1. The van der Waals surface area contributed by atoms with Gasteiger partial charge in [0.25, 0.3) is 5.91 Å². The van der Waals surface area contributed by atoms with Gasteiger partial charge in [-0.1, -0.05) is 108 Å². The number of nitrogens with zero attached hydrogens (tertiary/aromatic N) is 1. The van der Waals surface area contributed by atoms with E-state index in [0.29, 0.717) is 25.0 Å². The van der Waals surface area contributed by atoms with Crippen LogP contribution in [0.4, 0.5) is 5.69 Å². The summed E-state index contributed by atoms with van der Waals surface area (Å²) in [5.41, 5.74) is 2.39. The van der Waals surface area contributed by atoms with E-state index in [0.717, 1.165) is 27.6 Å². The Balaban J connectivity index is 1.43. The summed E-state index contributed by atoms with van der Waals surface area (Å²) in [5.74, 6) is 0.492. The summed E-state index contributed by atoms with van der Waals surface area (Å²) in [6.45, 7) is 0.276. The molecular weight excluding hydrogens is 505 g/mol. The highest BCUT2D eigenvalue weighted by Crippen LogP contribution is 2.39. The Morgan fingerprint density at radius 3 is 2.56 bits per heavy atom. The molecule has 1 aliphatic rings. The summed E-state index contributed by atoms with van der Waals surface area (Å²) >= 11 is 19.2. The van der Waals surface area contributed by atoms with Gasteiger partial charge in [0.2, 0.25) is 0 Å². The van der Waals surface area contributed by atoms with Gasteiger partial charge in [-0.2, -0.15) is 0 Å². The molecule has 0 atom stereocenters. The molecule has 1 aliphatic heterocycles.